The molecule has 0 aliphatic carbocycles. The third-order valence-corrected chi connectivity index (χ3v) is 5.30. The molecule has 9 heteroatoms. The van der Waals surface area contributed by atoms with Crippen LogP contribution in [0.2, 0.25) is 0 Å². The summed E-state index contributed by atoms with van der Waals surface area (Å²) in [6.07, 6.45) is 1.72. The summed E-state index contributed by atoms with van der Waals surface area (Å²) in [6.45, 7) is 0. The van der Waals surface area contributed by atoms with Gasteiger partial charge in [-0.15, -0.1) is 0 Å². The maximum absolute atomic E-state index is 12.3. The molecule has 3 heterocycles. The number of anilines is 3. The Bertz CT molecular complexity index is 1140. The Morgan fingerprint density at radius 2 is 2.04 bits per heavy atom. The highest BCUT2D eigenvalue weighted by Gasteiger charge is 2.19. The summed E-state index contributed by atoms with van der Waals surface area (Å²) in [5.41, 5.74) is 7.54. The molecule has 4 rings (SSSR count). The molecule has 0 unspecified atom stereocenters. The van der Waals surface area contributed by atoms with Crippen LogP contribution < -0.4 is 16.4 Å². The Balaban J connectivity index is 1.61. The first-order valence-corrected chi connectivity index (χ1v) is 9.62. The number of nitrogens with two attached hydrogens (primary N) is 1. The lowest BCUT2D eigenvalue weighted by Gasteiger charge is -2.03. The molecule has 0 aliphatic rings. The molecule has 134 valence electrons. The van der Waals surface area contributed by atoms with Gasteiger partial charge in [-0.1, -0.05) is 23.5 Å². The summed E-state index contributed by atoms with van der Waals surface area (Å²) in [4.78, 5) is 32.5. The Labute approximate surface area is 161 Å². The van der Waals surface area contributed by atoms with Gasteiger partial charge in [0, 0.05) is 22.7 Å². The minimum absolute atomic E-state index is 0.0185. The minimum Gasteiger partial charge on any atom is -0.364 e. The molecule has 27 heavy (non-hydrogen) atoms. The fourth-order valence-electron chi connectivity index (χ4n) is 2.46. The standard InChI is InChI=1S/C18H13N5O2S2/c19-15(24)14-17(23-16(25)11-5-7-26-9-11)27-18(22-14)21-12-4-3-10-2-1-6-20-13(10)8-12/h1-9H,(H2,19,24)(H,21,22)(H,23,25). The lowest BCUT2D eigenvalue weighted by molar-refractivity contribution is 0.0997. The van der Waals surface area contributed by atoms with Gasteiger partial charge in [0.05, 0.1) is 11.1 Å². The van der Waals surface area contributed by atoms with E-state index in [1.807, 2.05) is 30.3 Å². The van der Waals surface area contributed by atoms with Crippen molar-refractivity contribution in [3.8, 4) is 0 Å². The monoisotopic (exact) mass is 395 g/mol. The molecule has 0 saturated heterocycles. The lowest BCUT2D eigenvalue weighted by Crippen LogP contribution is -2.17. The van der Waals surface area contributed by atoms with Crippen molar-refractivity contribution in [2.45, 2.75) is 0 Å². The molecule has 7 nitrogen and oxygen atoms in total. The fourth-order valence-corrected chi connectivity index (χ4v) is 3.98. The molecule has 1 aromatic carbocycles. The van der Waals surface area contributed by atoms with Gasteiger partial charge >= 0.3 is 0 Å². The number of fused-ring (bicyclic) bond motifs is 1. The average molecular weight is 395 g/mol. The number of pyridine rings is 1. The first-order chi connectivity index (χ1) is 13.1. The number of aromatic nitrogens is 2. The van der Waals surface area contributed by atoms with Crippen molar-refractivity contribution >= 4 is 61.2 Å². The molecule has 4 aromatic rings. The van der Waals surface area contributed by atoms with Gasteiger partial charge in [-0.05, 0) is 29.6 Å². The maximum atomic E-state index is 12.3. The molecule has 0 atom stereocenters. The van der Waals surface area contributed by atoms with Crippen LogP contribution >= 0.6 is 22.7 Å². The summed E-state index contributed by atoms with van der Waals surface area (Å²) in [5, 5.41) is 11.1. The van der Waals surface area contributed by atoms with Crippen LogP contribution in [0.3, 0.4) is 0 Å². The van der Waals surface area contributed by atoms with Crippen LogP contribution in [0.5, 0.6) is 0 Å². The van der Waals surface area contributed by atoms with Crippen LogP contribution in [0, 0.1) is 0 Å². The second-order valence-electron chi connectivity index (χ2n) is 5.56. The Morgan fingerprint density at radius 3 is 2.81 bits per heavy atom. The molecule has 0 saturated carbocycles. The SMILES string of the molecule is NC(=O)c1nc(Nc2ccc3cccnc3c2)sc1NC(=O)c1ccsc1. The second-order valence-corrected chi connectivity index (χ2v) is 7.34. The second kappa shape index (κ2) is 7.14. The number of primary amides is 1. The van der Waals surface area contributed by atoms with Gasteiger partial charge < -0.3 is 16.4 Å². The van der Waals surface area contributed by atoms with Crippen LogP contribution in [0.4, 0.5) is 15.8 Å². The summed E-state index contributed by atoms with van der Waals surface area (Å²) < 4.78 is 0. The number of carbonyl (C=O) groups excluding carboxylic acids is 2. The Morgan fingerprint density at radius 1 is 1.15 bits per heavy atom. The number of thiazole rings is 1. The van der Waals surface area contributed by atoms with Crippen molar-refractivity contribution < 1.29 is 9.59 Å². The highest BCUT2D eigenvalue weighted by molar-refractivity contribution is 7.20. The molecule has 2 amide bonds. The number of benzene rings is 1. The number of hydrogen-bond donors (Lipinski definition) is 3. The highest BCUT2D eigenvalue weighted by atomic mass is 32.1. The van der Waals surface area contributed by atoms with Crippen LogP contribution in [0.1, 0.15) is 20.8 Å². The molecular formula is C18H13N5O2S2. The zero-order valence-electron chi connectivity index (χ0n) is 13.8. The third kappa shape index (κ3) is 3.64. The minimum atomic E-state index is -0.708. The van der Waals surface area contributed by atoms with E-state index in [4.69, 9.17) is 5.73 Å². The topological polar surface area (TPSA) is 110 Å². The predicted octanol–water partition coefficient (Wildman–Crippen LogP) is 3.85. The molecular weight excluding hydrogens is 382 g/mol. The third-order valence-electron chi connectivity index (χ3n) is 3.73. The maximum Gasteiger partial charge on any atom is 0.270 e. The summed E-state index contributed by atoms with van der Waals surface area (Å²) >= 11 is 2.56. The number of carbonyl (C=O) groups is 2. The number of nitrogens with zero attached hydrogens (tertiary/aromatic N) is 2. The molecule has 0 bridgehead atoms. The van der Waals surface area contributed by atoms with Crippen LogP contribution in [0.25, 0.3) is 10.9 Å². The molecule has 0 aliphatic heterocycles. The first-order valence-electron chi connectivity index (χ1n) is 7.86. The van der Waals surface area contributed by atoms with Crippen LogP contribution in [-0.2, 0) is 0 Å². The highest BCUT2D eigenvalue weighted by Crippen LogP contribution is 2.31. The van der Waals surface area contributed by atoms with Gasteiger partial charge in [0.15, 0.2) is 10.8 Å². The zero-order chi connectivity index (χ0) is 18.8. The summed E-state index contributed by atoms with van der Waals surface area (Å²) in [5.74, 6) is -1.02. The summed E-state index contributed by atoms with van der Waals surface area (Å²) in [6, 6.07) is 11.2. The lowest BCUT2D eigenvalue weighted by atomic mass is 10.2. The zero-order valence-corrected chi connectivity index (χ0v) is 15.4. The van der Waals surface area contributed by atoms with Crippen molar-refractivity contribution in [2.24, 2.45) is 5.73 Å². The molecule has 3 aromatic heterocycles. The van der Waals surface area contributed by atoms with Gasteiger partial charge in [0.25, 0.3) is 11.8 Å². The predicted molar refractivity (Wildman–Crippen MR) is 108 cm³/mol. The summed E-state index contributed by atoms with van der Waals surface area (Å²) in [7, 11) is 0. The van der Waals surface area contributed by atoms with E-state index in [0.717, 1.165) is 27.9 Å². The first kappa shape index (κ1) is 17.1. The smallest absolute Gasteiger partial charge is 0.270 e. The van der Waals surface area contributed by atoms with Crippen LogP contribution in [-0.4, -0.2) is 21.8 Å². The number of hydrogen-bond acceptors (Lipinski definition) is 7. The van der Waals surface area contributed by atoms with E-state index in [2.05, 4.69) is 20.6 Å². The Kier molecular flexibility index (Phi) is 4.53. The van der Waals surface area contributed by atoms with Gasteiger partial charge in [-0.2, -0.15) is 11.3 Å². The van der Waals surface area contributed by atoms with Crippen molar-refractivity contribution in [3.05, 3.63) is 64.6 Å². The van der Waals surface area contributed by atoms with E-state index in [1.54, 1.807) is 23.0 Å². The van der Waals surface area contributed by atoms with Crippen LogP contribution in [0.15, 0.2) is 53.4 Å². The van der Waals surface area contributed by atoms with E-state index in [0.29, 0.717) is 15.7 Å². The molecule has 4 N–H and O–H groups in total. The van der Waals surface area contributed by atoms with E-state index in [9.17, 15) is 9.59 Å². The quantitative estimate of drug-likeness (QED) is 0.475. The van der Waals surface area contributed by atoms with E-state index in [-0.39, 0.29) is 11.6 Å². The van der Waals surface area contributed by atoms with Gasteiger partial charge in [0.2, 0.25) is 0 Å². The van der Waals surface area contributed by atoms with Gasteiger partial charge in [-0.3, -0.25) is 14.6 Å². The van der Waals surface area contributed by atoms with E-state index < -0.39 is 5.91 Å². The van der Waals surface area contributed by atoms with Crippen molar-refractivity contribution in [1.82, 2.24) is 9.97 Å². The molecule has 0 radical (unpaired) electrons. The van der Waals surface area contributed by atoms with Crippen molar-refractivity contribution in [2.75, 3.05) is 10.6 Å². The van der Waals surface area contributed by atoms with Crippen molar-refractivity contribution in [1.29, 1.82) is 0 Å². The van der Waals surface area contributed by atoms with Crippen molar-refractivity contribution in [3.63, 3.8) is 0 Å². The van der Waals surface area contributed by atoms with E-state index in [1.165, 1.54) is 11.3 Å². The fraction of sp³-hybridized carbons (Fsp3) is 0. The number of nitrogens with one attached hydrogen (secondary N) is 2. The molecule has 0 fully saturated rings. The number of rotatable bonds is 5. The number of amides is 2. The average Bonchev–Trinajstić information content (AvgIpc) is 3.32. The molecule has 0 spiro atoms. The Hall–Kier alpha value is -3.30. The van der Waals surface area contributed by atoms with Gasteiger partial charge in [-0.25, -0.2) is 4.98 Å². The largest absolute Gasteiger partial charge is 0.364 e. The van der Waals surface area contributed by atoms with E-state index >= 15 is 0 Å². The van der Waals surface area contributed by atoms with Gasteiger partial charge in [0.1, 0.15) is 5.00 Å². The number of thiophene rings is 1. The normalized spacial score (nSPS) is 10.7.